The van der Waals surface area contributed by atoms with Crippen molar-refractivity contribution in [3.63, 3.8) is 0 Å². The third kappa shape index (κ3) is 3.51. The minimum absolute atomic E-state index is 0.102. The molecule has 0 amide bonds. The average molecular weight is 291 g/mol. The van der Waals surface area contributed by atoms with Crippen molar-refractivity contribution in [2.24, 2.45) is 5.73 Å². The summed E-state index contributed by atoms with van der Waals surface area (Å²) in [6, 6.07) is 6.36. The molecule has 0 spiro atoms. The SMILES string of the molecule is CCC(N)c1ccc(Oc2ccc([N+](=O)[O-])cc2F)cn1. The molecule has 0 aliphatic heterocycles. The van der Waals surface area contributed by atoms with E-state index in [2.05, 4.69) is 4.98 Å². The summed E-state index contributed by atoms with van der Waals surface area (Å²) in [7, 11) is 0. The van der Waals surface area contributed by atoms with E-state index >= 15 is 0 Å². The van der Waals surface area contributed by atoms with Gasteiger partial charge in [0.1, 0.15) is 5.75 Å². The number of nitro groups is 1. The summed E-state index contributed by atoms with van der Waals surface area (Å²) in [5.74, 6) is -0.580. The fourth-order valence-electron chi connectivity index (χ4n) is 1.69. The molecule has 0 aliphatic rings. The molecule has 0 fully saturated rings. The number of non-ortho nitro benzene ring substituents is 1. The molecule has 2 N–H and O–H groups in total. The van der Waals surface area contributed by atoms with Gasteiger partial charge < -0.3 is 10.5 Å². The standard InChI is InChI=1S/C14H14FN3O3/c1-2-12(16)13-5-4-10(8-17-13)21-14-6-3-9(18(19)20)7-11(14)15/h3-8,12H,2,16H2,1H3. The van der Waals surface area contributed by atoms with E-state index in [-0.39, 0.29) is 17.5 Å². The molecule has 1 aromatic carbocycles. The van der Waals surface area contributed by atoms with Crippen LogP contribution in [-0.2, 0) is 0 Å². The van der Waals surface area contributed by atoms with E-state index in [4.69, 9.17) is 10.5 Å². The van der Waals surface area contributed by atoms with E-state index in [1.807, 2.05) is 6.92 Å². The highest BCUT2D eigenvalue weighted by Crippen LogP contribution is 2.27. The first-order valence-electron chi connectivity index (χ1n) is 6.34. The van der Waals surface area contributed by atoms with Crippen LogP contribution in [0.3, 0.4) is 0 Å². The zero-order valence-corrected chi connectivity index (χ0v) is 11.3. The Bertz CT molecular complexity index is 646. The van der Waals surface area contributed by atoms with Gasteiger partial charge in [0.15, 0.2) is 11.6 Å². The number of nitrogens with two attached hydrogens (primary N) is 1. The second kappa shape index (κ2) is 6.27. The highest BCUT2D eigenvalue weighted by atomic mass is 19.1. The molecular formula is C14H14FN3O3. The lowest BCUT2D eigenvalue weighted by Crippen LogP contribution is -2.10. The first-order chi connectivity index (χ1) is 10.0. The van der Waals surface area contributed by atoms with Crippen molar-refractivity contribution in [3.8, 4) is 11.5 Å². The van der Waals surface area contributed by atoms with Crippen molar-refractivity contribution < 1.29 is 14.1 Å². The first-order valence-corrected chi connectivity index (χ1v) is 6.34. The summed E-state index contributed by atoms with van der Waals surface area (Å²) >= 11 is 0. The molecule has 1 unspecified atom stereocenters. The van der Waals surface area contributed by atoms with E-state index < -0.39 is 10.7 Å². The van der Waals surface area contributed by atoms with Crippen LogP contribution in [0.4, 0.5) is 10.1 Å². The van der Waals surface area contributed by atoms with Gasteiger partial charge in [0.2, 0.25) is 0 Å². The topological polar surface area (TPSA) is 91.3 Å². The number of ether oxygens (including phenoxy) is 1. The van der Waals surface area contributed by atoms with Crippen molar-refractivity contribution in [2.75, 3.05) is 0 Å². The minimum Gasteiger partial charge on any atom is -0.453 e. The quantitative estimate of drug-likeness (QED) is 0.674. The molecule has 6 nitrogen and oxygen atoms in total. The van der Waals surface area contributed by atoms with E-state index in [0.29, 0.717) is 11.4 Å². The number of hydrogen-bond acceptors (Lipinski definition) is 5. The van der Waals surface area contributed by atoms with Gasteiger partial charge in [-0.1, -0.05) is 6.92 Å². The van der Waals surface area contributed by atoms with Gasteiger partial charge in [-0.05, 0) is 24.6 Å². The summed E-state index contributed by atoms with van der Waals surface area (Å²) in [6.45, 7) is 1.95. The average Bonchev–Trinajstić information content (AvgIpc) is 2.49. The summed E-state index contributed by atoms with van der Waals surface area (Å²) in [4.78, 5) is 14.0. The first kappa shape index (κ1) is 14.9. The molecule has 0 aliphatic carbocycles. The zero-order valence-electron chi connectivity index (χ0n) is 11.3. The molecule has 21 heavy (non-hydrogen) atoms. The number of rotatable bonds is 5. The molecular weight excluding hydrogens is 277 g/mol. The number of hydrogen-bond donors (Lipinski definition) is 1. The number of pyridine rings is 1. The lowest BCUT2D eigenvalue weighted by atomic mass is 10.1. The van der Waals surface area contributed by atoms with Crippen LogP contribution in [0.15, 0.2) is 36.5 Å². The number of aromatic nitrogens is 1. The van der Waals surface area contributed by atoms with Crippen LogP contribution in [0.2, 0.25) is 0 Å². The van der Waals surface area contributed by atoms with E-state index in [0.717, 1.165) is 12.5 Å². The van der Waals surface area contributed by atoms with Crippen LogP contribution in [0.25, 0.3) is 0 Å². The van der Waals surface area contributed by atoms with Gasteiger partial charge in [-0.3, -0.25) is 15.1 Å². The normalized spacial score (nSPS) is 12.0. The van der Waals surface area contributed by atoms with Crippen LogP contribution in [0.1, 0.15) is 25.1 Å². The minimum atomic E-state index is -0.807. The fraction of sp³-hybridized carbons (Fsp3) is 0.214. The second-order valence-electron chi connectivity index (χ2n) is 4.41. The van der Waals surface area contributed by atoms with Crippen LogP contribution < -0.4 is 10.5 Å². The van der Waals surface area contributed by atoms with E-state index in [1.165, 1.54) is 18.3 Å². The molecule has 0 radical (unpaired) electrons. The molecule has 0 saturated heterocycles. The van der Waals surface area contributed by atoms with Crippen molar-refractivity contribution in [1.82, 2.24) is 4.98 Å². The van der Waals surface area contributed by atoms with Gasteiger partial charge in [-0.25, -0.2) is 4.39 Å². The lowest BCUT2D eigenvalue weighted by Gasteiger charge is -2.10. The van der Waals surface area contributed by atoms with E-state index in [9.17, 15) is 14.5 Å². The van der Waals surface area contributed by atoms with Crippen LogP contribution >= 0.6 is 0 Å². The summed E-state index contributed by atoms with van der Waals surface area (Å²) in [5, 5.41) is 10.5. The molecule has 1 aromatic heterocycles. The Kier molecular flexibility index (Phi) is 4.44. The van der Waals surface area contributed by atoms with Crippen molar-refractivity contribution in [1.29, 1.82) is 0 Å². The predicted octanol–water partition coefficient (Wildman–Crippen LogP) is 3.33. The van der Waals surface area contributed by atoms with Gasteiger partial charge in [0, 0.05) is 12.1 Å². The maximum absolute atomic E-state index is 13.7. The molecule has 7 heteroatoms. The number of benzene rings is 1. The zero-order chi connectivity index (χ0) is 15.4. The molecule has 1 atom stereocenters. The van der Waals surface area contributed by atoms with Crippen molar-refractivity contribution in [3.05, 3.63) is 58.2 Å². The summed E-state index contributed by atoms with van der Waals surface area (Å²) < 4.78 is 19.0. The number of nitrogens with zero attached hydrogens (tertiary/aromatic N) is 2. The van der Waals surface area contributed by atoms with E-state index in [1.54, 1.807) is 12.1 Å². The van der Waals surface area contributed by atoms with Gasteiger partial charge in [-0.15, -0.1) is 0 Å². The molecule has 2 rings (SSSR count). The fourth-order valence-corrected chi connectivity index (χ4v) is 1.69. The summed E-state index contributed by atoms with van der Waals surface area (Å²) in [6.07, 6.45) is 2.19. The van der Waals surface area contributed by atoms with Gasteiger partial charge in [-0.2, -0.15) is 0 Å². The maximum atomic E-state index is 13.7. The van der Waals surface area contributed by atoms with Gasteiger partial charge in [0.25, 0.3) is 5.69 Å². The van der Waals surface area contributed by atoms with Gasteiger partial charge in [0.05, 0.1) is 22.9 Å². The molecule has 110 valence electrons. The van der Waals surface area contributed by atoms with Crippen LogP contribution in [-0.4, -0.2) is 9.91 Å². The van der Waals surface area contributed by atoms with Crippen molar-refractivity contribution in [2.45, 2.75) is 19.4 Å². The Balaban J connectivity index is 2.16. The number of nitro benzene ring substituents is 1. The van der Waals surface area contributed by atoms with Crippen LogP contribution in [0, 0.1) is 15.9 Å². The Morgan fingerprint density at radius 3 is 2.71 bits per heavy atom. The predicted molar refractivity (Wildman–Crippen MR) is 74.6 cm³/mol. The second-order valence-corrected chi connectivity index (χ2v) is 4.41. The maximum Gasteiger partial charge on any atom is 0.272 e. The molecule has 1 heterocycles. The highest BCUT2D eigenvalue weighted by Gasteiger charge is 2.12. The molecule has 0 saturated carbocycles. The summed E-state index contributed by atoms with van der Waals surface area (Å²) in [5.41, 5.74) is 6.22. The Morgan fingerprint density at radius 2 is 2.19 bits per heavy atom. The third-order valence-electron chi connectivity index (χ3n) is 2.93. The van der Waals surface area contributed by atoms with Crippen LogP contribution in [0.5, 0.6) is 11.5 Å². The van der Waals surface area contributed by atoms with Crippen molar-refractivity contribution >= 4 is 5.69 Å². The Hall–Kier alpha value is -2.54. The monoisotopic (exact) mass is 291 g/mol. The highest BCUT2D eigenvalue weighted by molar-refractivity contribution is 5.39. The Labute approximate surface area is 120 Å². The smallest absolute Gasteiger partial charge is 0.272 e. The largest absolute Gasteiger partial charge is 0.453 e. The Morgan fingerprint density at radius 1 is 1.43 bits per heavy atom. The number of halogens is 1. The third-order valence-corrected chi connectivity index (χ3v) is 2.93. The molecule has 0 bridgehead atoms. The molecule has 2 aromatic rings. The van der Waals surface area contributed by atoms with Gasteiger partial charge >= 0.3 is 0 Å². The lowest BCUT2D eigenvalue weighted by molar-refractivity contribution is -0.385.